The first-order valence-corrected chi connectivity index (χ1v) is 6.28. The van der Waals surface area contributed by atoms with E-state index in [1.54, 1.807) is 21.3 Å². The van der Waals surface area contributed by atoms with Gasteiger partial charge in [-0.15, -0.1) is 0 Å². The summed E-state index contributed by atoms with van der Waals surface area (Å²) in [5.41, 5.74) is 7.87. The molecule has 0 saturated carbocycles. The normalized spacial score (nSPS) is 11.6. The fourth-order valence-corrected chi connectivity index (χ4v) is 1.90. The summed E-state index contributed by atoms with van der Waals surface area (Å²) in [5.74, 6) is 2.30. The average Bonchev–Trinajstić information content (AvgIpc) is 2.42. The molecule has 0 aliphatic heterocycles. The minimum absolute atomic E-state index is 0.391. The molecule has 0 spiro atoms. The molecule has 0 fully saturated rings. The number of hydrogen-bond donors (Lipinski definition) is 1. The van der Waals surface area contributed by atoms with Crippen molar-refractivity contribution < 1.29 is 14.2 Å². The summed E-state index contributed by atoms with van der Waals surface area (Å²) in [5, 5.41) is 0. The summed E-state index contributed by atoms with van der Waals surface area (Å²) in [6.45, 7) is 4.76. The van der Waals surface area contributed by atoms with Crippen LogP contribution < -0.4 is 19.9 Å². The second-order valence-electron chi connectivity index (χ2n) is 4.50. The molecule has 0 aliphatic carbocycles. The Kier molecular flexibility index (Phi) is 5.70. The first kappa shape index (κ1) is 15.4. The standard InChI is InChI=1S/C15H23NO3/c1-10(2)12(9-16)8-11-6-7-13(17-3)15(19-5)14(11)18-4/h6-8,10H,9,16H2,1-5H3. The van der Waals surface area contributed by atoms with E-state index in [1.807, 2.05) is 18.2 Å². The van der Waals surface area contributed by atoms with Crippen LogP contribution in [0.1, 0.15) is 19.4 Å². The van der Waals surface area contributed by atoms with Gasteiger partial charge in [0, 0.05) is 12.1 Å². The van der Waals surface area contributed by atoms with Crippen LogP contribution in [0.2, 0.25) is 0 Å². The van der Waals surface area contributed by atoms with E-state index in [-0.39, 0.29) is 0 Å². The van der Waals surface area contributed by atoms with E-state index in [0.717, 1.165) is 11.1 Å². The highest BCUT2D eigenvalue weighted by Crippen LogP contribution is 2.40. The summed E-state index contributed by atoms with van der Waals surface area (Å²) >= 11 is 0. The van der Waals surface area contributed by atoms with Crippen LogP contribution in [-0.4, -0.2) is 27.9 Å². The van der Waals surface area contributed by atoms with E-state index in [1.165, 1.54) is 0 Å². The molecular formula is C15H23NO3. The second kappa shape index (κ2) is 7.04. The molecule has 0 aromatic heterocycles. The maximum atomic E-state index is 5.77. The molecule has 19 heavy (non-hydrogen) atoms. The van der Waals surface area contributed by atoms with E-state index in [2.05, 4.69) is 13.8 Å². The summed E-state index contributed by atoms with van der Waals surface area (Å²) in [4.78, 5) is 0. The third kappa shape index (κ3) is 3.41. The SMILES string of the molecule is COc1ccc(C=C(CN)C(C)C)c(OC)c1OC. The minimum atomic E-state index is 0.391. The van der Waals surface area contributed by atoms with Crippen molar-refractivity contribution in [3.8, 4) is 17.2 Å². The lowest BCUT2D eigenvalue weighted by atomic mass is 10.00. The van der Waals surface area contributed by atoms with E-state index >= 15 is 0 Å². The number of nitrogens with two attached hydrogens (primary N) is 1. The molecular weight excluding hydrogens is 242 g/mol. The van der Waals surface area contributed by atoms with Crippen molar-refractivity contribution in [2.45, 2.75) is 13.8 Å². The highest BCUT2D eigenvalue weighted by molar-refractivity contribution is 5.68. The Morgan fingerprint density at radius 3 is 2.16 bits per heavy atom. The summed E-state index contributed by atoms with van der Waals surface area (Å²) < 4.78 is 16.1. The van der Waals surface area contributed by atoms with Crippen molar-refractivity contribution in [2.24, 2.45) is 11.7 Å². The van der Waals surface area contributed by atoms with Gasteiger partial charge in [0.05, 0.1) is 21.3 Å². The number of hydrogen-bond acceptors (Lipinski definition) is 4. The first-order chi connectivity index (χ1) is 9.08. The largest absolute Gasteiger partial charge is 0.493 e. The average molecular weight is 265 g/mol. The van der Waals surface area contributed by atoms with Crippen LogP contribution in [0.25, 0.3) is 6.08 Å². The maximum absolute atomic E-state index is 5.77. The van der Waals surface area contributed by atoms with Crippen LogP contribution in [-0.2, 0) is 0 Å². The highest BCUT2D eigenvalue weighted by Gasteiger charge is 2.15. The Labute approximate surface area is 115 Å². The lowest BCUT2D eigenvalue weighted by Crippen LogP contribution is -2.08. The van der Waals surface area contributed by atoms with Crippen molar-refractivity contribution in [1.29, 1.82) is 0 Å². The number of rotatable bonds is 6. The van der Waals surface area contributed by atoms with Crippen molar-refractivity contribution in [3.63, 3.8) is 0 Å². The summed E-state index contributed by atoms with van der Waals surface area (Å²) in [7, 11) is 4.82. The molecule has 0 heterocycles. The van der Waals surface area contributed by atoms with Gasteiger partial charge in [0.25, 0.3) is 0 Å². The van der Waals surface area contributed by atoms with Crippen LogP contribution >= 0.6 is 0 Å². The number of benzene rings is 1. The molecule has 0 atom stereocenters. The van der Waals surface area contributed by atoms with Gasteiger partial charge in [0.15, 0.2) is 11.5 Å². The number of ether oxygens (including phenoxy) is 3. The maximum Gasteiger partial charge on any atom is 0.203 e. The molecule has 4 heteroatoms. The lowest BCUT2D eigenvalue weighted by Gasteiger charge is -2.15. The van der Waals surface area contributed by atoms with Gasteiger partial charge in [0.1, 0.15) is 0 Å². The lowest BCUT2D eigenvalue weighted by molar-refractivity contribution is 0.324. The molecule has 106 valence electrons. The third-order valence-corrected chi connectivity index (χ3v) is 3.05. The highest BCUT2D eigenvalue weighted by atomic mass is 16.5. The first-order valence-electron chi connectivity index (χ1n) is 6.28. The van der Waals surface area contributed by atoms with Crippen molar-refractivity contribution in [3.05, 3.63) is 23.3 Å². The topological polar surface area (TPSA) is 53.7 Å². The van der Waals surface area contributed by atoms with Crippen LogP contribution in [0.3, 0.4) is 0 Å². The zero-order valence-electron chi connectivity index (χ0n) is 12.3. The second-order valence-corrected chi connectivity index (χ2v) is 4.50. The quantitative estimate of drug-likeness (QED) is 0.859. The van der Waals surface area contributed by atoms with Crippen molar-refractivity contribution in [2.75, 3.05) is 27.9 Å². The van der Waals surface area contributed by atoms with Gasteiger partial charge in [-0.2, -0.15) is 0 Å². The van der Waals surface area contributed by atoms with E-state index in [0.29, 0.717) is 29.7 Å². The molecule has 1 rings (SSSR count). The molecule has 2 N–H and O–H groups in total. The smallest absolute Gasteiger partial charge is 0.203 e. The summed E-state index contributed by atoms with van der Waals surface area (Å²) in [6, 6.07) is 3.81. The Bertz CT molecular complexity index is 453. The minimum Gasteiger partial charge on any atom is -0.493 e. The summed E-state index contributed by atoms with van der Waals surface area (Å²) in [6.07, 6.45) is 2.05. The molecule has 0 amide bonds. The molecule has 4 nitrogen and oxygen atoms in total. The zero-order valence-corrected chi connectivity index (χ0v) is 12.3. The Balaban J connectivity index is 3.36. The molecule has 1 aromatic rings. The Morgan fingerprint density at radius 2 is 1.74 bits per heavy atom. The number of methoxy groups -OCH3 is 3. The molecule has 0 aliphatic rings. The predicted octanol–water partition coefficient (Wildman–Crippen LogP) is 2.71. The Morgan fingerprint density at radius 1 is 1.11 bits per heavy atom. The molecule has 0 saturated heterocycles. The molecule has 1 aromatic carbocycles. The van der Waals surface area contributed by atoms with Crippen LogP contribution in [0.4, 0.5) is 0 Å². The van der Waals surface area contributed by atoms with Crippen molar-refractivity contribution >= 4 is 6.08 Å². The van der Waals surface area contributed by atoms with Gasteiger partial charge in [-0.3, -0.25) is 0 Å². The van der Waals surface area contributed by atoms with Crippen LogP contribution in [0, 0.1) is 5.92 Å². The van der Waals surface area contributed by atoms with Crippen LogP contribution in [0.15, 0.2) is 17.7 Å². The van der Waals surface area contributed by atoms with Gasteiger partial charge >= 0.3 is 0 Å². The van der Waals surface area contributed by atoms with Crippen molar-refractivity contribution in [1.82, 2.24) is 0 Å². The van der Waals surface area contributed by atoms with Crippen LogP contribution in [0.5, 0.6) is 17.2 Å². The monoisotopic (exact) mass is 265 g/mol. The van der Waals surface area contributed by atoms with E-state index in [4.69, 9.17) is 19.9 Å². The zero-order chi connectivity index (χ0) is 14.4. The van der Waals surface area contributed by atoms with Gasteiger partial charge in [-0.05, 0) is 18.1 Å². The fourth-order valence-electron chi connectivity index (χ4n) is 1.90. The Hall–Kier alpha value is -1.68. The third-order valence-electron chi connectivity index (χ3n) is 3.05. The predicted molar refractivity (Wildman–Crippen MR) is 78.0 cm³/mol. The van der Waals surface area contributed by atoms with Gasteiger partial charge in [-0.25, -0.2) is 0 Å². The molecule has 0 bridgehead atoms. The van der Waals surface area contributed by atoms with Gasteiger partial charge < -0.3 is 19.9 Å². The molecule has 0 radical (unpaired) electrons. The van der Waals surface area contributed by atoms with Gasteiger partial charge in [0.2, 0.25) is 5.75 Å². The van der Waals surface area contributed by atoms with Gasteiger partial charge in [-0.1, -0.05) is 25.5 Å². The van der Waals surface area contributed by atoms with E-state index in [9.17, 15) is 0 Å². The fraction of sp³-hybridized carbons (Fsp3) is 0.467. The van der Waals surface area contributed by atoms with E-state index < -0.39 is 0 Å². The molecule has 0 unspecified atom stereocenters.